The summed E-state index contributed by atoms with van der Waals surface area (Å²) in [5, 5.41) is 48.5. The predicted molar refractivity (Wildman–Crippen MR) is 57.7 cm³/mol. The minimum Gasteiger partial charge on any atom is -0.388 e. The van der Waals surface area contributed by atoms with Crippen LogP contribution in [0.2, 0.25) is 0 Å². The Balaban J connectivity index is 2.94. The number of rotatable bonds is 3. The summed E-state index contributed by atoms with van der Waals surface area (Å²) >= 11 is 2.70. The first-order valence-corrected chi connectivity index (χ1v) is 5.88. The molecule has 0 aromatic heterocycles. The van der Waals surface area contributed by atoms with Crippen molar-refractivity contribution in [1.29, 1.82) is 0 Å². The van der Waals surface area contributed by atoms with Crippen LogP contribution in [0.4, 0.5) is 0 Å². The standard InChI is InChI=1S/C9H17BrO6/c1-2-3-6(12)9(15)8(10,14)7(13)5(11)4-16-9/h5-7,11-15H,2-4H2,1H3/t5-,6?,7-,8+,9?/m1/s1. The van der Waals surface area contributed by atoms with E-state index in [-0.39, 0.29) is 13.0 Å². The minimum atomic E-state index is -2.35. The average molecular weight is 301 g/mol. The molecule has 0 radical (unpaired) electrons. The molecule has 2 unspecified atom stereocenters. The number of aliphatic hydroxyl groups is 5. The van der Waals surface area contributed by atoms with Crippen LogP contribution >= 0.6 is 15.9 Å². The van der Waals surface area contributed by atoms with Gasteiger partial charge in [0.1, 0.15) is 18.3 Å². The Morgan fingerprint density at radius 2 is 2.00 bits per heavy atom. The smallest absolute Gasteiger partial charge is 0.235 e. The van der Waals surface area contributed by atoms with Crippen LogP contribution in [0.5, 0.6) is 0 Å². The van der Waals surface area contributed by atoms with E-state index in [9.17, 15) is 25.5 Å². The first kappa shape index (κ1) is 14.3. The van der Waals surface area contributed by atoms with Gasteiger partial charge in [0.15, 0.2) is 0 Å². The Kier molecular flexibility index (Phi) is 4.34. The number of aliphatic hydroxyl groups excluding tert-OH is 3. The van der Waals surface area contributed by atoms with Gasteiger partial charge in [0, 0.05) is 0 Å². The number of hydrogen-bond donors (Lipinski definition) is 5. The van der Waals surface area contributed by atoms with Crippen molar-refractivity contribution in [2.45, 2.75) is 48.4 Å². The van der Waals surface area contributed by atoms with Crippen LogP contribution in [-0.2, 0) is 4.74 Å². The third kappa shape index (κ3) is 2.13. The van der Waals surface area contributed by atoms with Crippen LogP contribution in [0.1, 0.15) is 19.8 Å². The largest absolute Gasteiger partial charge is 0.388 e. The fourth-order valence-electron chi connectivity index (χ4n) is 1.67. The average Bonchev–Trinajstić information content (AvgIpc) is 2.22. The molecule has 5 atom stereocenters. The van der Waals surface area contributed by atoms with E-state index in [1.807, 2.05) is 0 Å². The van der Waals surface area contributed by atoms with Crippen LogP contribution in [0.3, 0.4) is 0 Å². The zero-order chi connectivity index (χ0) is 12.6. The molecule has 1 aliphatic rings. The summed E-state index contributed by atoms with van der Waals surface area (Å²) in [4.78, 5) is 0. The van der Waals surface area contributed by atoms with Crippen LogP contribution < -0.4 is 0 Å². The maximum Gasteiger partial charge on any atom is 0.235 e. The minimum absolute atomic E-state index is 0.188. The molecule has 16 heavy (non-hydrogen) atoms. The summed E-state index contributed by atoms with van der Waals surface area (Å²) in [7, 11) is 0. The molecule has 96 valence electrons. The molecule has 1 fully saturated rings. The van der Waals surface area contributed by atoms with Crippen molar-refractivity contribution in [1.82, 2.24) is 0 Å². The molecule has 0 bridgehead atoms. The maximum absolute atomic E-state index is 10.0. The van der Waals surface area contributed by atoms with Gasteiger partial charge in [-0.25, -0.2) is 0 Å². The van der Waals surface area contributed by atoms with Gasteiger partial charge in [0.25, 0.3) is 0 Å². The lowest BCUT2D eigenvalue weighted by Gasteiger charge is -2.49. The van der Waals surface area contributed by atoms with Crippen LogP contribution in [0.15, 0.2) is 0 Å². The van der Waals surface area contributed by atoms with E-state index in [0.717, 1.165) is 0 Å². The predicted octanol–water partition coefficient (Wildman–Crippen LogP) is -1.33. The van der Waals surface area contributed by atoms with Gasteiger partial charge in [-0.2, -0.15) is 0 Å². The van der Waals surface area contributed by atoms with E-state index < -0.39 is 28.6 Å². The molecular formula is C9H17BrO6. The second-order valence-corrected chi connectivity index (χ2v) is 5.21. The molecule has 0 aliphatic carbocycles. The highest BCUT2D eigenvalue weighted by Gasteiger charge is 2.62. The topological polar surface area (TPSA) is 110 Å². The van der Waals surface area contributed by atoms with Crippen LogP contribution in [0.25, 0.3) is 0 Å². The second kappa shape index (κ2) is 4.85. The lowest BCUT2D eigenvalue weighted by atomic mass is 9.90. The molecule has 1 rings (SSSR count). The highest BCUT2D eigenvalue weighted by atomic mass is 79.9. The van der Waals surface area contributed by atoms with E-state index in [2.05, 4.69) is 15.9 Å². The van der Waals surface area contributed by atoms with Gasteiger partial charge < -0.3 is 30.3 Å². The second-order valence-electron chi connectivity index (χ2n) is 4.00. The molecule has 0 aromatic rings. The van der Waals surface area contributed by atoms with E-state index in [0.29, 0.717) is 6.42 Å². The Bertz CT molecular complexity index is 248. The summed E-state index contributed by atoms with van der Waals surface area (Å²) < 4.78 is 2.56. The molecule has 0 amide bonds. The summed E-state index contributed by atoms with van der Waals surface area (Å²) in [6.45, 7) is 1.42. The first-order chi connectivity index (χ1) is 7.27. The van der Waals surface area contributed by atoms with E-state index in [1.165, 1.54) is 0 Å². The Morgan fingerprint density at radius 1 is 1.44 bits per heavy atom. The monoisotopic (exact) mass is 300 g/mol. The quantitative estimate of drug-likeness (QED) is 0.413. The van der Waals surface area contributed by atoms with Crippen LogP contribution in [0, 0.1) is 0 Å². The van der Waals surface area contributed by atoms with Crippen molar-refractivity contribution in [3.8, 4) is 0 Å². The number of ether oxygens (including phenoxy) is 1. The SMILES string of the molecule is CCCC(O)C1(O)OC[C@@H](O)[C@@H](O)[C@@]1(O)Br. The summed E-state index contributed by atoms with van der Waals surface area (Å²) in [5.74, 6) is -2.35. The molecule has 6 nitrogen and oxygen atoms in total. The highest BCUT2D eigenvalue weighted by molar-refractivity contribution is 9.10. The van der Waals surface area contributed by atoms with Crippen molar-refractivity contribution in [3.05, 3.63) is 0 Å². The molecule has 7 heteroatoms. The van der Waals surface area contributed by atoms with Gasteiger partial charge in [0.05, 0.1) is 6.61 Å². The Morgan fingerprint density at radius 3 is 2.50 bits per heavy atom. The molecule has 5 N–H and O–H groups in total. The fourth-order valence-corrected chi connectivity index (χ4v) is 2.35. The van der Waals surface area contributed by atoms with E-state index in [4.69, 9.17) is 4.74 Å². The third-order valence-corrected chi connectivity index (χ3v) is 3.78. The summed E-state index contributed by atoms with van der Waals surface area (Å²) in [5.41, 5.74) is 0. The molecule has 1 aliphatic heterocycles. The van der Waals surface area contributed by atoms with Crippen molar-refractivity contribution in [2.24, 2.45) is 0 Å². The van der Waals surface area contributed by atoms with Gasteiger partial charge in [-0.1, -0.05) is 13.3 Å². The van der Waals surface area contributed by atoms with Crippen LogP contribution in [-0.4, -0.2) is 60.7 Å². The van der Waals surface area contributed by atoms with Gasteiger partial charge in [-0.05, 0) is 22.4 Å². The summed E-state index contributed by atoms with van der Waals surface area (Å²) in [6, 6.07) is 0. The van der Waals surface area contributed by atoms with Gasteiger partial charge in [-0.15, -0.1) is 0 Å². The zero-order valence-electron chi connectivity index (χ0n) is 8.88. The first-order valence-electron chi connectivity index (χ1n) is 5.09. The normalized spacial score (nSPS) is 46.7. The van der Waals surface area contributed by atoms with Gasteiger partial charge in [-0.3, -0.25) is 0 Å². The van der Waals surface area contributed by atoms with Crippen molar-refractivity contribution < 1.29 is 30.3 Å². The maximum atomic E-state index is 10.0. The Labute approximate surface area is 102 Å². The molecule has 0 aromatic carbocycles. The van der Waals surface area contributed by atoms with Crippen molar-refractivity contribution in [2.75, 3.05) is 6.61 Å². The van der Waals surface area contributed by atoms with Crippen molar-refractivity contribution in [3.63, 3.8) is 0 Å². The van der Waals surface area contributed by atoms with Gasteiger partial charge in [0.2, 0.25) is 10.3 Å². The molecule has 1 saturated heterocycles. The van der Waals surface area contributed by atoms with E-state index >= 15 is 0 Å². The summed E-state index contributed by atoms with van der Waals surface area (Å²) in [6.07, 6.45) is -3.61. The fraction of sp³-hybridized carbons (Fsp3) is 1.00. The lowest BCUT2D eigenvalue weighted by Crippen LogP contribution is -2.71. The van der Waals surface area contributed by atoms with E-state index in [1.54, 1.807) is 6.92 Å². The number of halogens is 1. The number of alkyl halides is 1. The lowest BCUT2D eigenvalue weighted by molar-refractivity contribution is -0.362. The molecule has 1 heterocycles. The molecular weight excluding hydrogens is 284 g/mol. The molecule has 0 saturated carbocycles. The highest BCUT2D eigenvalue weighted by Crippen LogP contribution is 2.41. The number of hydrogen-bond acceptors (Lipinski definition) is 6. The van der Waals surface area contributed by atoms with Gasteiger partial charge >= 0.3 is 0 Å². The zero-order valence-corrected chi connectivity index (χ0v) is 10.5. The molecule has 0 spiro atoms. The third-order valence-electron chi connectivity index (χ3n) is 2.75. The Hall–Kier alpha value is 0.240. The van der Waals surface area contributed by atoms with Crippen molar-refractivity contribution >= 4 is 15.9 Å².